The van der Waals surface area contributed by atoms with Crippen molar-refractivity contribution < 1.29 is 9.34 Å². The molecule has 0 spiro atoms. The summed E-state index contributed by atoms with van der Waals surface area (Å²) < 4.78 is 8.88. The van der Waals surface area contributed by atoms with Crippen LogP contribution < -0.4 is 11.2 Å². The highest BCUT2D eigenvalue weighted by Gasteiger charge is 2.21. The predicted molar refractivity (Wildman–Crippen MR) is 126 cm³/mol. The lowest BCUT2D eigenvalue weighted by atomic mass is 10.1. The number of aromatic amines is 1. The van der Waals surface area contributed by atoms with E-state index >= 15 is 0 Å². The Morgan fingerprint density at radius 2 is 1.82 bits per heavy atom. The van der Waals surface area contributed by atoms with Crippen LogP contribution in [0.3, 0.4) is 0 Å². The highest BCUT2D eigenvalue weighted by atomic mass is 35.5. The molecule has 34 heavy (non-hydrogen) atoms. The molecule has 0 saturated carbocycles. The van der Waals surface area contributed by atoms with Crippen molar-refractivity contribution in [1.29, 1.82) is 0 Å². The summed E-state index contributed by atoms with van der Waals surface area (Å²) in [6.45, 7) is 0.227. The SMILES string of the molecule is Cn1c(-c2ccc(-c3ccc([N+](=O)[O-])cc3Cl)o2)nc2c1c(=O)[nH]c(=O)n2Cc1ccccc1. The zero-order chi connectivity index (χ0) is 24.0. The average molecular weight is 478 g/mol. The normalized spacial score (nSPS) is 11.2. The van der Waals surface area contributed by atoms with Crippen molar-refractivity contribution in [2.45, 2.75) is 6.54 Å². The van der Waals surface area contributed by atoms with E-state index < -0.39 is 16.2 Å². The Morgan fingerprint density at radius 1 is 1.09 bits per heavy atom. The summed E-state index contributed by atoms with van der Waals surface area (Å²) in [5, 5.41) is 11.1. The number of fused-ring (bicyclic) bond motifs is 1. The van der Waals surface area contributed by atoms with E-state index in [4.69, 9.17) is 16.0 Å². The Hall–Kier alpha value is -4.44. The molecule has 0 radical (unpaired) electrons. The second kappa shape index (κ2) is 8.16. The number of halogens is 1. The van der Waals surface area contributed by atoms with Gasteiger partial charge in [-0.1, -0.05) is 41.9 Å². The maximum Gasteiger partial charge on any atom is 0.330 e. The third-order valence-electron chi connectivity index (χ3n) is 5.45. The zero-order valence-corrected chi connectivity index (χ0v) is 18.4. The van der Waals surface area contributed by atoms with Crippen molar-refractivity contribution in [2.75, 3.05) is 0 Å². The zero-order valence-electron chi connectivity index (χ0n) is 17.7. The van der Waals surface area contributed by atoms with Crippen molar-refractivity contribution in [2.24, 2.45) is 7.05 Å². The lowest BCUT2D eigenvalue weighted by Crippen LogP contribution is -2.31. The summed E-state index contributed by atoms with van der Waals surface area (Å²) >= 11 is 6.23. The van der Waals surface area contributed by atoms with Crippen LogP contribution in [0.15, 0.2) is 74.7 Å². The Bertz CT molecular complexity index is 1680. The van der Waals surface area contributed by atoms with Gasteiger partial charge in [-0.3, -0.25) is 24.5 Å². The second-order valence-corrected chi connectivity index (χ2v) is 7.99. The van der Waals surface area contributed by atoms with E-state index in [-0.39, 0.29) is 28.4 Å². The summed E-state index contributed by atoms with van der Waals surface area (Å²) in [6, 6.07) is 16.7. The van der Waals surface area contributed by atoms with Crippen molar-refractivity contribution in [1.82, 2.24) is 19.1 Å². The fourth-order valence-corrected chi connectivity index (χ4v) is 4.07. The minimum atomic E-state index is -0.566. The number of furan rings is 1. The van der Waals surface area contributed by atoms with Crippen LogP contribution in [0.2, 0.25) is 5.02 Å². The number of rotatable bonds is 5. The number of benzene rings is 2. The van der Waals surface area contributed by atoms with Crippen LogP contribution in [-0.4, -0.2) is 24.0 Å². The summed E-state index contributed by atoms with van der Waals surface area (Å²) in [5.74, 6) is 1.04. The van der Waals surface area contributed by atoms with Crippen molar-refractivity contribution in [3.05, 3.63) is 102 Å². The molecule has 0 aliphatic rings. The van der Waals surface area contributed by atoms with E-state index in [2.05, 4.69) is 9.97 Å². The lowest BCUT2D eigenvalue weighted by molar-refractivity contribution is -0.384. The van der Waals surface area contributed by atoms with Gasteiger partial charge in [0, 0.05) is 24.7 Å². The molecule has 0 bridgehead atoms. The fourth-order valence-electron chi connectivity index (χ4n) is 3.80. The second-order valence-electron chi connectivity index (χ2n) is 7.58. The van der Waals surface area contributed by atoms with Gasteiger partial charge in [0.2, 0.25) is 0 Å². The van der Waals surface area contributed by atoms with Crippen LogP contribution in [0, 0.1) is 10.1 Å². The number of imidazole rings is 1. The predicted octanol–water partition coefficient (Wildman–Crippen LogP) is 3.96. The van der Waals surface area contributed by atoms with Crippen molar-refractivity contribution in [3.8, 4) is 22.9 Å². The van der Waals surface area contributed by atoms with E-state index in [0.717, 1.165) is 5.56 Å². The highest BCUT2D eigenvalue weighted by Crippen LogP contribution is 2.34. The lowest BCUT2D eigenvalue weighted by Gasteiger charge is -2.06. The maximum absolute atomic E-state index is 12.6. The molecule has 0 amide bonds. The van der Waals surface area contributed by atoms with Gasteiger partial charge in [-0.25, -0.2) is 9.78 Å². The molecule has 0 saturated heterocycles. The number of nitro groups is 1. The number of aromatic nitrogens is 4. The van der Waals surface area contributed by atoms with E-state index in [1.54, 1.807) is 23.7 Å². The molecule has 0 fully saturated rings. The number of aryl methyl sites for hydroxylation is 1. The Balaban J connectivity index is 1.61. The smallest absolute Gasteiger partial charge is 0.330 e. The van der Waals surface area contributed by atoms with Gasteiger partial charge in [0.25, 0.3) is 11.2 Å². The third kappa shape index (κ3) is 3.59. The number of nitrogens with one attached hydrogen (secondary N) is 1. The molecule has 10 nitrogen and oxygen atoms in total. The Labute approximate surface area is 195 Å². The standard InChI is InChI=1S/C23H16ClN5O5/c1-27-19-21(28(23(31)26-22(19)30)12-13-5-3-2-4-6-13)25-20(27)18-10-9-17(34-18)15-8-7-14(29(32)33)11-16(15)24/h2-11H,12H2,1H3,(H,26,30,31). The largest absolute Gasteiger partial charge is 0.453 e. The highest BCUT2D eigenvalue weighted by molar-refractivity contribution is 6.33. The fraction of sp³-hybridized carbons (Fsp3) is 0.0870. The van der Waals surface area contributed by atoms with Crippen LogP contribution in [-0.2, 0) is 13.6 Å². The number of non-ortho nitro benzene ring substituents is 1. The first-order valence-corrected chi connectivity index (χ1v) is 10.5. The number of hydrogen-bond acceptors (Lipinski definition) is 6. The summed E-state index contributed by atoms with van der Waals surface area (Å²) in [7, 11) is 1.65. The molecule has 5 aromatic rings. The van der Waals surface area contributed by atoms with Gasteiger partial charge in [-0.2, -0.15) is 0 Å². The van der Waals surface area contributed by atoms with E-state index in [1.165, 1.54) is 22.8 Å². The van der Waals surface area contributed by atoms with Crippen LogP contribution in [0.25, 0.3) is 34.1 Å². The van der Waals surface area contributed by atoms with Gasteiger partial charge >= 0.3 is 5.69 Å². The van der Waals surface area contributed by atoms with E-state index in [1.807, 2.05) is 30.3 Å². The van der Waals surface area contributed by atoms with Crippen molar-refractivity contribution >= 4 is 28.5 Å². The molecule has 170 valence electrons. The van der Waals surface area contributed by atoms with Gasteiger partial charge in [0.15, 0.2) is 22.7 Å². The molecule has 0 atom stereocenters. The van der Waals surface area contributed by atoms with Crippen LogP contribution in [0.4, 0.5) is 5.69 Å². The summed E-state index contributed by atoms with van der Waals surface area (Å²) in [5.41, 5.74) is 0.527. The van der Waals surface area contributed by atoms with Gasteiger partial charge in [0.05, 0.1) is 16.5 Å². The molecule has 2 aromatic carbocycles. The topological polar surface area (TPSA) is 129 Å². The molecule has 5 rings (SSSR count). The minimum absolute atomic E-state index is 0.133. The molecule has 11 heteroatoms. The third-order valence-corrected chi connectivity index (χ3v) is 5.76. The first kappa shape index (κ1) is 21.4. The van der Waals surface area contributed by atoms with Crippen LogP contribution in [0.5, 0.6) is 0 Å². The van der Waals surface area contributed by atoms with Crippen LogP contribution >= 0.6 is 11.6 Å². The molecule has 3 heterocycles. The molecular weight excluding hydrogens is 462 g/mol. The quantitative estimate of drug-likeness (QED) is 0.301. The van der Waals surface area contributed by atoms with Crippen LogP contribution in [0.1, 0.15) is 5.56 Å². The molecule has 3 aromatic heterocycles. The Kier molecular flexibility index (Phi) is 5.14. The molecular formula is C23H16ClN5O5. The van der Waals surface area contributed by atoms with E-state index in [9.17, 15) is 19.7 Å². The summed E-state index contributed by atoms with van der Waals surface area (Å²) in [6.07, 6.45) is 0. The number of H-pyrrole nitrogens is 1. The molecule has 0 aliphatic carbocycles. The van der Waals surface area contributed by atoms with E-state index in [0.29, 0.717) is 22.9 Å². The van der Waals surface area contributed by atoms with Gasteiger partial charge in [-0.15, -0.1) is 0 Å². The van der Waals surface area contributed by atoms with Gasteiger partial charge in [0.1, 0.15) is 5.76 Å². The monoisotopic (exact) mass is 477 g/mol. The maximum atomic E-state index is 12.6. The van der Waals surface area contributed by atoms with Crippen molar-refractivity contribution in [3.63, 3.8) is 0 Å². The summed E-state index contributed by atoms with van der Waals surface area (Å²) in [4.78, 5) is 42.5. The van der Waals surface area contributed by atoms with Gasteiger partial charge < -0.3 is 8.98 Å². The minimum Gasteiger partial charge on any atom is -0.453 e. The molecule has 0 unspecified atom stereocenters. The number of hydrogen-bond donors (Lipinski definition) is 1. The average Bonchev–Trinajstić information content (AvgIpc) is 3.42. The molecule has 0 aliphatic heterocycles. The number of nitro benzene ring substituents is 1. The first-order valence-electron chi connectivity index (χ1n) is 10.1. The Morgan fingerprint density at radius 3 is 2.53 bits per heavy atom. The van der Waals surface area contributed by atoms with Gasteiger partial charge in [-0.05, 0) is 23.8 Å². The number of nitrogens with zero attached hydrogens (tertiary/aromatic N) is 4. The molecule has 1 N–H and O–H groups in total. The first-order chi connectivity index (χ1) is 16.3.